The highest BCUT2D eigenvalue weighted by Gasteiger charge is 2.54. The third-order valence-corrected chi connectivity index (χ3v) is 3.35. The van der Waals surface area contributed by atoms with Crippen LogP contribution in [0.25, 0.3) is 0 Å². The molecular formula is C12H7F7O3. The number of aliphatic hydroxyl groups excluding tert-OH is 2. The van der Waals surface area contributed by atoms with Crippen LogP contribution >= 0.6 is 0 Å². The van der Waals surface area contributed by atoms with E-state index in [1.54, 1.807) is 0 Å². The predicted molar refractivity (Wildman–Crippen MR) is 56.2 cm³/mol. The highest BCUT2D eigenvalue weighted by molar-refractivity contribution is 6.03. The average Bonchev–Trinajstić information content (AvgIpc) is 2.57. The molecule has 2 rings (SSSR count). The van der Waals surface area contributed by atoms with Crippen LogP contribution in [0.2, 0.25) is 0 Å². The molecular weight excluding hydrogens is 325 g/mol. The Morgan fingerprint density at radius 3 is 2.09 bits per heavy atom. The van der Waals surface area contributed by atoms with Gasteiger partial charge in [-0.1, -0.05) is 0 Å². The lowest BCUT2D eigenvalue weighted by Crippen LogP contribution is -2.40. The number of ketones is 1. The molecule has 0 fully saturated rings. The Hall–Kier alpha value is -1.68. The number of hydrogen-bond donors (Lipinski definition) is 2. The molecule has 3 nitrogen and oxygen atoms in total. The molecule has 10 heteroatoms. The van der Waals surface area contributed by atoms with E-state index in [0.29, 0.717) is 0 Å². The summed E-state index contributed by atoms with van der Waals surface area (Å²) in [4.78, 5) is 11.7. The predicted octanol–water partition coefficient (Wildman–Crippen LogP) is 2.61. The molecule has 0 aliphatic heterocycles. The minimum Gasteiger partial charge on any atom is -0.388 e. The number of hydrogen-bond acceptors (Lipinski definition) is 3. The number of fused-ring (bicyclic) bond motifs is 1. The van der Waals surface area contributed by atoms with Gasteiger partial charge in [-0.05, 0) is 17.7 Å². The number of halogens is 7. The zero-order valence-corrected chi connectivity index (χ0v) is 10.3. The molecule has 0 spiro atoms. The van der Waals surface area contributed by atoms with Crippen molar-refractivity contribution in [3.8, 4) is 0 Å². The Kier molecular flexibility index (Phi) is 3.73. The van der Waals surface area contributed by atoms with Crippen LogP contribution in [0.15, 0.2) is 12.1 Å². The summed E-state index contributed by atoms with van der Waals surface area (Å²) in [6, 6.07) is 0.198. The highest BCUT2D eigenvalue weighted by atomic mass is 19.4. The van der Waals surface area contributed by atoms with E-state index in [2.05, 4.69) is 0 Å². The summed E-state index contributed by atoms with van der Waals surface area (Å²) in [5.41, 5.74) is -3.43. The minimum absolute atomic E-state index is 0.0797. The van der Waals surface area contributed by atoms with Crippen LogP contribution in [0.1, 0.15) is 27.6 Å². The van der Waals surface area contributed by atoms with Gasteiger partial charge in [0.1, 0.15) is 5.82 Å². The maximum absolute atomic E-state index is 13.4. The summed E-state index contributed by atoms with van der Waals surface area (Å²) in [6.45, 7) is 0. The van der Waals surface area contributed by atoms with E-state index in [-0.39, 0.29) is 12.1 Å². The molecule has 0 heterocycles. The Morgan fingerprint density at radius 2 is 1.64 bits per heavy atom. The van der Waals surface area contributed by atoms with Crippen molar-refractivity contribution in [3.63, 3.8) is 0 Å². The van der Waals surface area contributed by atoms with Gasteiger partial charge in [-0.2, -0.15) is 26.3 Å². The molecule has 122 valence electrons. The maximum atomic E-state index is 13.4. The molecule has 0 amide bonds. The summed E-state index contributed by atoms with van der Waals surface area (Å²) in [5.74, 6) is -5.76. The maximum Gasteiger partial charge on any atom is 0.419 e. The van der Waals surface area contributed by atoms with Crippen molar-refractivity contribution >= 4 is 5.78 Å². The van der Waals surface area contributed by atoms with E-state index in [1.807, 2.05) is 0 Å². The molecule has 3 unspecified atom stereocenters. The van der Waals surface area contributed by atoms with Crippen molar-refractivity contribution in [1.82, 2.24) is 0 Å². The number of benzene rings is 1. The SMILES string of the molecule is O=C1c2cc(F)c(C(F)(F)F)cc2C(O)C1C(O)C(F)(F)F. The fourth-order valence-electron chi connectivity index (χ4n) is 2.30. The lowest BCUT2D eigenvalue weighted by molar-refractivity contribution is -0.221. The Bertz CT molecular complexity index is 620. The zero-order chi connectivity index (χ0) is 17.0. The number of carbonyl (C=O) groups excluding carboxylic acids is 1. The lowest BCUT2D eigenvalue weighted by Gasteiger charge is -2.22. The molecule has 22 heavy (non-hydrogen) atoms. The molecule has 3 atom stereocenters. The first-order chi connectivity index (χ1) is 9.85. The second-order valence-electron chi connectivity index (χ2n) is 4.74. The second-order valence-corrected chi connectivity index (χ2v) is 4.74. The number of aliphatic hydroxyl groups is 2. The topological polar surface area (TPSA) is 57.5 Å². The molecule has 0 aromatic heterocycles. The Morgan fingerprint density at radius 1 is 1.09 bits per heavy atom. The van der Waals surface area contributed by atoms with Crippen molar-refractivity contribution in [2.24, 2.45) is 5.92 Å². The van der Waals surface area contributed by atoms with Gasteiger partial charge in [-0.25, -0.2) is 4.39 Å². The van der Waals surface area contributed by atoms with E-state index in [9.17, 15) is 40.6 Å². The lowest BCUT2D eigenvalue weighted by atomic mass is 9.95. The molecule has 0 bridgehead atoms. The second kappa shape index (κ2) is 4.92. The molecule has 1 aliphatic rings. The van der Waals surface area contributed by atoms with Gasteiger partial charge in [0.2, 0.25) is 0 Å². The third-order valence-electron chi connectivity index (χ3n) is 3.35. The molecule has 2 N–H and O–H groups in total. The van der Waals surface area contributed by atoms with Crippen LogP contribution in [0.4, 0.5) is 30.7 Å². The fourth-order valence-corrected chi connectivity index (χ4v) is 2.30. The number of alkyl halides is 6. The van der Waals surface area contributed by atoms with Crippen LogP contribution in [0.5, 0.6) is 0 Å². The third kappa shape index (κ3) is 2.56. The minimum atomic E-state index is -5.27. The van der Waals surface area contributed by atoms with Gasteiger partial charge in [0, 0.05) is 5.56 Å². The van der Waals surface area contributed by atoms with E-state index in [4.69, 9.17) is 5.11 Å². The van der Waals surface area contributed by atoms with Gasteiger partial charge in [-0.3, -0.25) is 4.79 Å². The first-order valence-corrected chi connectivity index (χ1v) is 5.73. The van der Waals surface area contributed by atoms with Crippen LogP contribution < -0.4 is 0 Å². The summed E-state index contributed by atoms with van der Waals surface area (Å²) in [6.07, 6.45) is -16.0. The number of rotatable bonds is 1. The molecule has 0 radical (unpaired) electrons. The van der Waals surface area contributed by atoms with Gasteiger partial charge in [0.25, 0.3) is 0 Å². The van der Waals surface area contributed by atoms with Crippen LogP contribution in [0.3, 0.4) is 0 Å². The van der Waals surface area contributed by atoms with Crippen LogP contribution in [-0.2, 0) is 6.18 Å². The largest absolute Gasteiger partial charge is 0.419 e. The van der Waals surface area contributed by atoms with Crippen molar-refractivity contribution in [2.45, 2.75) is 24.6 Å². The Labute approximate surface area is 118 Å². The highest BCUT2D eigenvalue weighted by Crippen LogP contribution is 2.44. The van der Waals surface area contributed by atoms with Crippen LogP contribution in [0, 0.1) is 11.7 Å². The summed E-state index contributed by atoms with van der Waals surface area (Å²) in [7, 11) is 0. The summed E-state index contributed by atoms with van der Waals surface area (Å²) >= 11 is 0. The quantitative estimate of drug-likeness (QED) is 0.778. The molecule has 1 aliphatic carbocycles. The average molecular weight is 332 g/mol. The monoisotopic (exact) mass is 332 g/mol. The van der Waals surface area contributed by atoms with Crippen molar-refractivity contribution in [3.05, 3.63) is 34.6 Å². The molecule has 0 saturated carbocycles. The first kappa shape index (κ1) is 16.7. The molecule has 1 aromatic rings. The van der Waals surface area contributed by atoms with E-state index < -0.39 is 58.8 Å². The molecule has 1 aromatic carbocycles. The molecule has 0 saturated heterocycles. The van der Waals surface area contributed by atoms with Gasteiger partial charge in [0.15, 0.2) is 11.9 Å². The van der Waals surface area contributed by atoms with E-state index in [0.717, 1.165) is 0 Å². The summed E-state index contributed by atoms with van der Waals surface area (Å²) in [5, 5.41) is 18.7. The van der Waals surface area contributed by atoms with Crippen molar-refractivity contribution in [1.29, 1.82) is 0 Å². The van der Waals surface area contributed by atoms with Crippen molar-refractivity contribution < 1.29 is 45.7 Å². The van der Waals surface area contributed by atoms with Gasteiger partial charge in [0.05, 0.1) is 17.6 Å². The first-order valence-electron chi connectivity index (χ1n) is 5.73. The Balaban J connectivity index is 2.53. The zero-order valence-electron chi connectivity index (χ0n) is 10.3. The normalized spacial score (nSPS) is 23.6. The fraction of sp³-hybridized carbons (Fsp3) is 0.417. The van der Waals surface area contributed by atoms with E-state index in [1.165, 1.54) is 0 Å². The standard InChI is InChI=1S/C12H7F7O3/c13-6-2-4-3(1-5(6)11(14,15)16)8(20)7(9(4)21)10(22)12(17,18)19/h1-2,7-8,10,20,22H. The number of Topliss-reactive ketones (excluding diaryl/α,β-unsaturated/α-hetero) is 1. The van der Waals surface area contributed by atoms with Crippen LogP contribution in [-0.4, -0.2) is 28.3 Å². The van der Waals surface area contributed by atoms with Gasteiger partial charge in [-0.15, -0.1) is 0 Å². The summed E-state index contributed by atoms with van der Waals surface area (Å²) < 4.78 is 88.4. The van der Waals surface area contributed by atoms with Crippen molar-refractivity contribution in [2.75, 3.05) is 0 Å². The smallest absolute Gasteiger partial charge is 0.388 e. The number of carbonyl (C=O) groups is 1. The van der Waals surface area contributed by atoms with Gasteiger partial charge < -0.3 is 10.2 Å². The van der Waals surface area contributed by atoms with E-state index >= 15 is 0 Å². The van der Waals surface area contributed by atoms with Gasteiger partial charge >= 0.3 is 12.4 Å².